The third kappa shape index (κ3) is 13.7. The molecule has 4 heavy (non-hydrogen) atoms. The molecule has 0 spiro atoms. The SMILES string of the molecule is O=S.[Li].[Si]. The maximum absolute atomic E-state index is 7.83. The molecule has 4 heteroatoms. The molecule has 0 aliphatic heterocycles. The predicted molar refractivity (Wildman–Crippen MR) is 19.7 cm³/mol. The van der Waals surface area contributed by atoms with E-state index in [-0.39, 0.29) is 29.8 Å². The topological polar surface area (TPSA) is 17.1 Å². The van der Waals surface area contributed by atoms with Gasteiger partial charge < -0.3 is 0 Å². The van der Waals surface area contributed by atoms with E-state index in [4.69, 9.17) is 4.21 Å². The van der Waals surface area contributed by atoms with Gasteiger partial charge >= 0.3 is 0 Å². The van der Waals surface area contributed by atoms with Crippen LogP contribution in [0.1, 0.15) is 0 Å². The largest absolute Gasteiger partial charge is 0.197 e. The molecular weight excluding hydrogens is 83.1 g/mol. The van der Waals surface area contributed by atoms with Crippen LogP contribution in [0.15, 0.2) is 0 Å². The van der Waals surface area contributed by atoms with Crippen LogP contribution in [0.25, 0.3) is 0 Å². The second-order valence-electron chi connectivity index (χ2n) is 0. The summed E-state index contributed by atoms with van der Waals surface area (Å²) < 4.78 is 7.83. The standard InChI is InChI=1S/Li.OS.Si/c;1-2;. The molecule has 0 unspecified atom stereocenters. The van der Waals surface area contributed by atoms with Crippen LogP contribution in [-0.4, -0.2) is 34.0 Å². The van der Waals surface area contributed by atoms with Gasteiger partial charge in [0.2, 0.25) is 0 Å². The van der Waals surface area contributed by atoms with E-state index in [0.29, 0.717) is 0 Å². The van der Waals surface area contributed by atoms with Crippen LogP contribution in [0, 0.1) is 0 Å². The average Bonchev–Trinajstić information content (AvgIpc) is 1.00. The molecule has 0 aromatic heterocycles. The van der Waals surface area contributed by atoms with Crippen molar-refractivity contribution in [3.8, 4) is 0 Å². The maximum Gasteiger partial charge on any atom is 0.197 e. The molecule has 0 aromatic rings. The Balaban J connectivity index is -0.00000000500. The molecule has 0 heterocycles. The van der Waals surface area contributed by atoms with Gasteiger partial charge in [-0.3, -0.25) is 0 Å². The summed E-state index contributed by atoms with van der Waals surface area (Å²) in [5, 5.41) is 0. The summed E-state index contributed by atoms with van der Waals surface area (Å²) >= 11 is 2.83. The molecule has 0 fully saturated rings. The molecule has 0 rings (SSSR count). The van der Waals surface area contributed by atoms with Gasteiger partial charge in [-0.25, -0.2) is 0 Å². The minimum Gasteiger partial charge on any atom is -0.197 e. The van der Waals surface area contributed by atoms with Crippen molar-refractivity contribution < 1.29 is 4.21 Å². The van der Waals surface area contributed by atoms with Gasteiger partial charge in [0.15, 0.2) is 12.5 Å². The molecule has 0 saturated heterocycles. The predicted octanol–water partition coefficient (Wildman–Crippen LogP) is -1.10. The molecule has 0 atom stereocenters. The smallest absolute Gasteiger partial charge is 0.197 e. The summed E-state index contributed by atoms with van der Waals surface area (Å²) in [5.74, 6) is 0. The van der Waals surface area contributed by atoms with Gasteiger partial charge in [-0.2, -0.15) is 4.21 Å². The van der Waals surface area contributed by atoms with Crippen molar-refractivity contribution in [1.29, 1.82) is 0 Å². The van der Waals surface area contributed by atoms with E-state index < -0.39 is 0 Å². The van der Waals surface area contributed by atoms with Gasteiger partial charge in [-0.1, -0.05) is 0 Å². The fourth-order valence-electron chi connectivity index (χ4n) is 0. The van der Waals surface area contributed by atoms with Gasteiger partial charge in [0, 0.05) is 29.8 Å². The summed E-state index contributed by atoms with van der Waals surface area (Å²) in [6.45, 7) is 0. The van der Waals surface area contributed by atoms with Crippen LogP contribution in [0.3, 0.4) is 0 Å². The van der Waals surface area contributed by atoms with E-state index in [1.165, 1.54) is 0 Å². The third-order valence-electron chi connectivity index (χ3n) is 0. The summed E-state index contributed by atoms with van der Waals surface area (Å²) in [6, 6.07) is 0. The van der Waals surface area contributed by atoms with Crippen molar-refractivity contribution in [2.24, 2.45) is 0 Å². The molecular formula is LiOSSi. The Morgan fingerprint density at radius 1 is 1.25 bits per heavy atom. The van der Waals surface area contributed by atoms with Crippen LogP contribution in [0.4, 0.5) is 0 Å². The van der Waals surface area contributed by atoms with Crippen LogP contribution in [-0.2, 0) is 12.5 Å². The van der Waals surface area contributed by atoms with E-state index in [2.05, 4.69) is 12.5 Å². The van der Waals surface area contributed by atoms with Gasteiger partial charge in [0.25, 0.3) is 0 Å². The monoisotopic (exact) mass is 83.0 g/mol. The number of hydrogen-bond acceptors (Lipinski definition) is 2. The van der Waals surface area contributed by atoms with E-state index in [1.807, 2.05) is 0 Å². The van der Waals surface area contributed by atoms with Crippen molar-refractivity contribution in [1.82, 2.24) is 0 Å². The van der Waals surface area contributed by atoms with Gasteiger partial charge in [-0.05, 0) is 0 Å². The Morgan fingerprint density at radius 3 is 1.25 bits per heavy atom. The Bertz CT molecular complexity index is 8.00. The van der Waals surface area contributed by atoms with E-state index in [9.17, 15) is 0 Å². The first kappa shape index (κ1) is 21.1. The summed E-state index contributed by atoms with van der Waals surface area (Å²) in [6.07, 6.45) is 0. The minimum atomic E-state index is 0. The second-order valence-corrected chi connectivity index (χ2v) is 0. The quantitative estimate of drug-likeness (QED) is 0.346. The molecule has 5 radical (unpaired) electrons. The molecule has 0 aliphatic carbocycles. The van der Waals surface area contributed by atoms with Crippen molar-refractivity contribution in [2.75, 3.05) is 0 Å². The first-order valence-corrected chi connectivity index (χ1v) is 0.500. The van der Waals surface area contributed by atoms with Crippen LogP contribution in [0.2, 0.25) is 0 Å². The molecule has 1 nitrogen and oxygen atoms in total. The van der Waals surface area contributed by atoms with Gasteiger partial charge in [0.1, 0.15) is 0 Å². The Kier molecular flexibility index (Phi) is 234. The third-order valence-corrected chi connectivity index (χ3v) is 0. The summed E-state index contributed by atoms with van der Waals surface area (Å²) in [5.41, 5.74) is 0. The summed E-state index contributed by atoms with van der Waals surface area (Å²) in [7, 11) is 0. The van der Waals surface area contributed by atoms with Crippen LogP contribution >= 0.6 is 0 Å². The Hall–Kier alpha value is 0.834. The molecule has 0 amide bonds. The molecule has 0 bridgehead atoms. The first-order chi connectivity index (χ1) is 1.00. The van der Waals surface area contributed by atoms with Crippen LogP contribution < -0.4 is 0 Å². The zero-order valence-corrected chi connectivity index (χ0v) is 4.13. The zero-order valence-electron chi connectivity index (χ0n) is 2.32. The molecule has 17 valence electrons. The fourth-order valence-corrected chi connectivity index (χ4v) is 0. The van der Waals surface area contributed by atoms with E-state index >= 15 is 0 Å². The fraction of sp³-hybridized carbons (Fsp3) is 0. The van der Waals surface area contributed by atoms with E-state index in [1.54, 1.807) is 0 Å². The zero-order chi connectivity index (χ0) is 2.00. The van der Waals surface area contributed by atoms with Crippen LogP contribution in [0.5, 0.6) is 0 Å². The maximum atomic E-state index is 7.83. The Labute approximate surface area is 46.9 Å². The minimum absolute atomic E-state index is 0. The first-order valence-electron chi connectivity index (χ1n) is 0.167. The molecule has 0 aromatic carbocycles. The van der Waals surface area contributed by atoms with Crippen molar-refractivity contribution >= 4 is 42.4 Å². The summed E-state index contributed by atoms with van der Waals surface area (Å²) in [4.78, 5) is 0. The van der Waals surface area contributed by atoms with E-state index in [0.717, 1.165) is 0 Å². The number of hydrogen-bond donors (Lipinski definition) is 0. The van der Waals surface area contributed by atoms with Gasteiger partial charge in [0.05, 0.1) is 0 Å². The normalized spacial score (nSPS) is 1.00. The van der Waals surface area contributed by atoms with Gasteiger partial charge in [-0.15, -0.1) is 0 Å². The van der Waals surface area contributed by atoms with Crippen molar-refractivity contribution in [3.05, 3.63) is 0 Å². The Morgan fingerprint density at radius 2 is 1.25 bits per heavy atom. The van der Waals surface area contributed by atoms with Crippen molar-refractivity contribution in [2.45, 2.75) is 0 Å². The molecule has 0 aliphatic rings. The average molecular weight is 83.1 g/mol. The second kappa shape index (κ2) is 44.3. The van der Waals surface area contributed by atoms with Crippen molar-refractivity contribution in [3.63, 3.8) is 0 Å². The molecule has 0 saturated carbocycles. The molecule has 0 N–H and O–H groups in total. The number of rotatable bonds is 0.